The quantitative estimate of drug-likeness (QED) is 0.727. The molecule has 0 saturated carbocycles. The van der Waals surface area contributed by atoms with E-state index in [0.29, 0.717) is 16.7 Å². The van der Waals surface area contributed by atoms with Gasteiger partial charge in [-0.05, 0) is 12.1 Å². The molecule has 1 heterocycles. The minimum atomic E-state index is -5.08. The number of benzene rings is 2. The van der Waals surface area contributed by atoms with E-state index in [9.17, 15) is 18.0 Å². The highest BCUT2D eigenvalue weighted by Gasteiger charge is 2.38. The van der Waals surface area contributed by atoms with E-state index in [0.717, 1.165) is 5.56 Å². The van der Waals surface area contributed by atoms with E-state index in [1.54, 1.807) is 6.07 Å². The van der Waals surface area contributed by atoms with Crippen molar-refractivity contribution in [3.8, 4) is 11.3 Å². The van der Waals surface area contributed by atoms with Gasteiger partial charge in [0.25, 0.3) is 0 Å². The van der Waals surface area contributed by atoms with Crippen LogP contribution in [0.15, 0.2) is 69.9 Å². The highest BCUT2D eigenvalue weighted by atomic mass is 19.4. The van der Waals surface area contributed by atoms with Gasteiger partial charge in [0.1, 0.15) is 11.3 Å². The number of carbonyl (C=O) groups is 1. The Morgan fingerprint density at radius 1 is 0.958 bits per heavy atom. The lowest BCUT2D eigenvalue weighted by Gasteiger charge is -2.02. The first-order chi connectivity index (χ1) is 11.3. The van der Waals surface area contributed by atoms with E-state index in [2.05, 4.69) is 0 Å². The van der Waals surface area contributed by atoms with Crippen LogP contribution in [0, 0.1) is 0 Å². The van der Waals surface area contributed by atoms with E-state index in [-0.39, 0.29) is 5.43 Å². The second kappa shape index (κ2) is 6.99. The fraction of sp³-hybridized carbons (Fsp3) is 0.0588. The van der Waals surface area contributed by atoms with Crippen LogP contribution in [0.1, 0.15) is 0 Å². The summed E-state index contributed by atoms with van der Waals surface area (Å²) >= 11 is 0. The molecule has 0 aliphatic carbocycles. The number of fused-ring (bicyclic) bond motifs is 1. The van der Waals surface area contributed by atoms with Gasteiger partial charge in [-0.25, -0.2) is 4.79 Å². The third-order valence-corrected chi connectivity index (χ3v) is 2.94. The minimum Gasteiger partial charge on any atom is -0.475 e. The fourth-order valence-corrected chi connectivity index (χ4v) is 1.85. The fourth-order valence-electron chi connectivity index (χ4n) is 1.85. The molecule has 24 heavy (non-hydrogen) atoms. The second-order valence-corrected chi connectivity index (χ2v) is 4.64. The first-order valence-electron chi connectivity index (χ1n) is 6.67. The first kappa shape index (κ1) is 17.3. The number of hydrogen-bond donors (Lipinski definition) is 1. The van der Waals surface area contributed by atoms with Crippen molar-refractivity contribution in [3.05, 3.63) is 70.9 Å². The molecule has 0 spiro atoms. The predicted octanol–water partition coefficient (Wildman–Crippen LogP) is 4.09. The Kier molecular flexibility index (Phi) is 5.03. The van der Waals surface area contributed by atoms with Crippen molar-refractivity contribution in [3.63, 3.8) is 0 Å². The molecule has 0 bridgehead atoms. The summed E-state index contributed by atoms with van der Waals surface area (Å²) in [5.74, 6) is -2.15. The van der Waals surface area contributed by atoms with Gasteiger partial charge in [-0.1, -0.05) is 42.5 Å². The molecule has 2 aromatic carbocycles. The van der Waals surface area contributed by atoms with E-state index >= 15 is 0 Å². The molecule has 3 rings (SSSR count). The number of carboxylic acid groups (broad SMARTS) is 1. The Hall–Kier alpha value is -3.09. The molecule has 0 radical (unpaired) electrons. The lowest BCUT2D eigenvalue weighted by atomic mass is 10.1. The molecular formula is C17H11F3O4. The number of aliphatic carboxylic acids is 1. The van der Waals surface area contributed by atoms with E-state index in [1.165, 1.54) is 6.07 Å². The summed E-state index contributed by atoms with van der Waals surface area (Å²) in [5.41, 5.74) is 1.53. The summed E-state index contributed by atoms with van der Waals surface area (Å²) in [5, 5.41) is 7.74. The molecular weight excluding hydrogens is 325 g/mol. The van der Waals surface area contributed by atoms with E-state index < -0.39 is 12.1 Å². The largest absolute Gasteiger partial charge is 0.490 e. The van der Waals surface area contributed by atoms with Gasteiger partial charge < -0.3 is 9.52 Å². The molecule has 0 saturated heterocycles. The molecule has 1 aromatic heterocycles. The van der Waals surface area contributed by atoms with Gasteiger partial charge in [-0.15, -0.1) is 0 Å². The minimum absolute atomic E-state index is 0.00861. The van der Waals surface area contributed by atoms with Crippen molar-refractivity contribution < 1.29 is 27.5 Å². The van der Waals surface area contributed by atoms with E-state index in [1.807, 2.05) is 48.5 Å². The van der Waals surface area contributed by atoms with Crippen molar-refractivity contribution in [1.82, 2.24) is 0 Å². The highest BCUT2D eigenvalue weighted by molar-refractivity contribution is 5.78. The molecule has 124 valence electrons. The molecule has 4 nitrogen and oxygen atoms in total. The molecule has 0 atom stereocenters. The first-order valence-corrected chi connectivity index (χ1v) is 6.67. The van der Waals surface area contributed by atoms with Gasteiger partial charge in [0.15, 0.2) is 5.43 Å². The maximum absolute atomic E-state index is 11.9. The highest BCUT2D eigenvalue weighted by Crippen LogP contribution is 2.21. The normalized spacial score (nSPS) is 10.8. The molecule has 0 aliphatic rings. The zero-order valence-electron chi connectivity index (χ0n) is 12.1. The SMILES string of the molecule is O=C(O)C(F)(F)F.O=c1cc(-c2ccccc2)oc2ccccc12. The molecule has 1 N–H and O–H groups in total. The van der Waals surface area contributed by atoms with Crippen LogP contribution < -0.4 is 5.43 Å². The van der Waals surface area contributed by atoms with Crippen molar-refractivity contribution >= 4 is 16.9 Å². The smallest absolute Gasteiger partial charge is 0.475 e. The second-order valence-electron chi connectivity index (χ2n) is 4.64. The lowest BCUT2D eigenvalue weighted by molar-refractivity contribution is -0.192. The number of para-hydroxylation sites is 1. The Balaban J connectivity index is 0.000000256. The molecule has 3 aromatic rings. The number of hydrogen-bond acceptors (Lipinski definition) is 3. The average Bonchev–Trinajstić information content (AvgIpc) is 2.55. The molecule has 0 unspecified atom stereocenters. The van der Waals surface area contributed by atoms with Gasteiger partial charge in [-0.3, -0.25) is 4.79 Å². The molecule has 0 amide bonds. The zero-order chi connectivity index (χ0) is 17.7. The standard InChI is InChI=1S/C15H10O2.C2HF3O2/c16-13-10-15(11-6-2-1-3-7-11)17-14-9-5-4-8-12(13)14;3-2(4,5)1(6)7/h1-10H;(H,6,7). The molecule has 0 fully saturated rings. The van der Waals surface area contributed by atoms with Crippen molar-refractivity contribution in [2.24, 2.45) is 0 Å². The zero-order valence-corrected chi connectivity index (χ0v) is 12.1. The van der Waals surface area contributed by atoms with Crippen LogP contribution in [0.3, 0.4) is 0 Å². The predicted molar refractivity (Wildman–Crippen MR) is 81.6 cm³/mol. The maximum atomic E-state index is 11.9. The molecule has 0 aliphatic heterocycles. The summed E-state index contributed by atoms with van der Waals surface area (Å²) in [4.78, 5) is 20.8. The summed E-state index contributed by atoms with van der Waals surface area (Å²) in [6.45, 7) is 0. The van der Waals surface area contributed by atoms with Crippen molar-refractivity contribution in [2.75, 3.05) is 0 Å². The average molecular weight is 336 g/mol. The van der Waals surface area contributed by atoms with Crippen LogP contribution in [0.2, 0.25) is 0 Å². The Morgan fingerprint density at radius 2 is 1.50 bits per heavy atom. The summed E-state index contributed by atoms with van der Waals surface area (Å²) in [6.07, 6.45) is -5.08. The summed E-state index contributed by atoms with van der Waals surface area (Å²) in [6, 6.07) is 18.4. The van der Waals surface area contributed by atoms with Crippen LogP contribution in [-0.4, -0.2) is 17.3 Å². The maximum Gasteiger partial charge on any atom is 0.490 e. The van der Waals surface area contributed by atoms with Gasteiger partial charge >= 0.3 is 12.1 Å². The van der Waals surface area contributed by atoms with Gasteiger partial charge in [-0.2, -0.15) is 13.2 Å². The van der Waals surface area contributed by atoms with Crippen LogP contribution in [-0.2, 0) is 4.79 Å². The monoisotopic (exact) mass is 336 g/mol. The number of rotatable bonds is 1. The Morgan fingerprint density at radius 3 is 2.08 bits per heavy atom. The van der Waals surface area contributed by atoms with Crippen molar-refractivity contribution in [1.29, 1.82) is 0 Å². The van der Waals surface area contributed by atoms with Crippen LogP contribution in [0.25, 0.3) is 22.3 Å². The number of alkyl halides is 3. The topological polar surface area (TPSA) is 67.5 Å². The Bertz CT molecular complexity index is 899. The van der Waals surface area contributed by atoms with Gasteiger partial charge in [0, 0.05) is 11.6 Å². The summed E-state index contributed by atoms with van der Waals surface area (Å²) in [7, 11) is 0. The van der Waals surface area contributed by atoms with Gasteiger partial charge in [0.2, 0.25) is 0 Å². The van der Waals surface area contributed by atoms with Gasteiger partial charge in [0.05, 0.1) is 5.39 Å². The number of halogens is 3. The van der Waals surface area contributed by atoms with Crippen molar-refractivity contribution in [2.45, 2.75) is 6.18 Å². The molecule has 7 heteroatoms. The van der Waals surface area contributed by atoms with Crippen LogP contribution in [0.4, 0.5) is 13.2 Å². The van der Waals surface area contributed by atoms with Crippen LogP contribution in [0.5, 0.6) is 0 Å². The lowest BCUT2D eigenvalue weighted by Crippen LogP contribution is -2.21. The number of carboxylic acids is 1. The Labute approximate surface area is 133 Å². The third kappa shape index (κ3) is 4.22. The summed E-state index contributed by atoms with van der Waals surface area (Å²) < 4.78 is 37.5. The van der Waals surface area contributed by atoms with E-state index in [4.69, 9.17) is 14.3 Å². The third-order valence-electron chi connectivity index (χ3n) is 2.94. The van der Waals surface area contributed by atoms with Crippen LogP contribution >= 0.6 is 0 Å².